The van der Waals surface area contributed by atoms with Crippen LogP contribution in [0.15, 0.2) is 24.5 Å². The van der Waals surface area contributed by atoms with E-state index in [9.17, 15) is 9.59 Å². The minimum absolute atomic E-state index is 0.124. The molecule has 28 heavy (non-hydrogen) atoms. The standard InChI is InChI=1S/C20H28N2O6/c1-20(2,3)28-19(24)22-8-10-26-17(14-22)18(23)27-9-6-5-7-15-11-16(25-4)13-21-12-15/h5,7,11-13,17H,6,8-10,14H2,1-4H3/b7-5+/t17-/m1/s1. The smallest absolute Gasteiger partial charge is 0.410 e. The van der Waals surface area contributed by atoms with E-state index < -0.39 is 23.8 Å². The van der Waals surface area contributed by atoms with Crippen LogP contribution < -0.4 is 4.74 Å². The average molecular weight is 392 g/mol. The Hall–Kier alpha value is -2.61. The van der Waals surface area contributed by atoms with E-state index in [4.69, 9.17) is 18.9 Å². The van der Waals surface area contributed by atoms with Crippen molar-refractivity contribution in [1.29, 1.82) is 0 Å². The van der Waals surface area contributed by atoms with E-state index in [1.54, 1.807) is 40.3 Å². The Labute approximate surface area is 165 Å². The van der Waals surface area contributed by atoms with Gasteiger partial charge in [0, 0.05) is 12.7 Å². The summed E-state index contributed by atoms with van der Waals surface area (Å²) in [4.78, 5) is 29.9. The van der Waals surface area contributed by atoms with Crippen LogP contribution in [-0.4, -0.2) is 67.1 Å². The Kier molecular flexibility index (Phi) is 7.80. The van der Waals surface area contributed by atoms with Crippen LogP contribution in [0, 0.1) is 0 Å². The molecule has 1 aliphatic rings. The molecule has 0 aromatic carbocycles. The van der Waals surface area contributed by atoms with Gasteiger partial charge in [-0.3, -0.25) is 4.98 Å². The third-order valence-corrected chi connectivity index (χ3v) is 3.79. The number of pyridine rings is 1. The molecule has 0 bridgehead atoms. The maximum Gasteiger partial charge on any atom is 0.410 e. The first kappa shape index (κ1) is 21.7. The van der Waals surface area contributed by atoms with Crippen molar-refractivity contribution in [3.8, 4) is 5.75 Å². The molecule has 2 heterocycles. The van der Waals surface area contributed by atoms with Crippen LogP contribution in [0.3, 0.4) is 0 Å². The predicted octanol–water partition coefficient (Wildman–Crippen LogP) is 2.67. The van der Waals surface area contributed by atoms with Gasteiger partial charge >= 0.3 is 12.1 Å². The molecule has 2 rings (SSSR count). The number of nitrogens with zero attached hydrogens (tertiary/aromatic N) is 2. The quantitative estimate of drug-likeness (QED) is 0.543. The molecule has 8 heteroatoms. The first-order valence-electron chi connectivity index (χ1n) is 9.20. The maximum absolute atomic E-state index is 12.2. The Balaban J connectivity index is 1.74. The minimum atomic E-state index is -0.798. The van der Waals surface area contributed by atoms with Gasteiger partial charge in [0.15, 0.2) is 6.10 Å². The summed E-state index contributed by atoms with van der Waals surface area (Å²) in [6.07, 6.45) is 6.40. The van der Waals surface area contributed by atoms with E-state index >= 15 is 0 Å². The normalized spacial score (nSPS) is 17.4. The molecule has 1 atom stereocenters. The lowest BCUT2D eigenvalue weighted by Crippen LogP contribution is -2.50. The highest BCUT2D eigenvalue weighted by Crippen LogP contribution is 2.14. The molecule has 0 unspecified atom stereocenters. The highest BCUT2D eigenvalue weighted by atomic mass is 16.6. The summed E-state index contributed by atoms with van der Waals surface area (Å²) in [5.41, 5.74) is 0.310. The van der Waals surface area contributed by atoms with Gasteiger partial charge in [0.25, 0.3) is 0 Å². The number of carbonyl (C=O) groups excluding carboxylic acids is 2. The number of hydrogen-bond acceptors (Lipinski definition) is 7. The van der Waals surface area contributed by atoms with Crippen molar-refractivity contribution in [2.24, 2.45) is 0 Å². The topological polar surface area (TPSA) is 87.2 Å². The van der Waals surface area contributed by atoms with Crippen LogP contribution in [0.5, 0.6) is 5.75 Å². The fourth-order valence-electron chi connectivity index (χ4n) is 2.46. The zero-order valence-corrected chi connectivity index (χ0v) is 16.8. The molecule has 1 fully saturated rings. The molecule has 0 saturated carbocycles. The molecule has 1 aromatic heterocycles. The van der Waals surface area contributed by atoms with E-state index in [1.165, 1.54) is 4.90 Å². The van der Waals surface area contributed by atoms with Crippen LogP contribution in [0.2, 0.25) is 0 Å². The van der Waals surface area contributed by atoms with Crippen molar-refractivity contribution in [3.05, 3.63) is 30.1 Å². The van der Waals surface area contributed by atoms with Gasteiger partial charge in [-0.1, -0.05) is 12.2 Å². The Bertz CT molecular complexity index is 698. The number of morpholine rings is 1. The van der Waals surface area contributed by atoms with Gasteiger partial charge in [-0.25, -0.2) is 9.59 Å². The second kappa shape index (κ2) is 10.1. The van der Waals surface area contributed by atoms with Gasteiger partial charge in [-0.15, -0.1) is 0 Å². The van der Waals surface area contributed by atoms with Gasteiger partial charge < -0.3 is 23.8 Å². The number of amides is 1. The SMILES string of the molecule is COc1cncc(/C=C/CCOC(=O)[C@H]2CN(C(=O)OC(C)(C)C)CCO2)c1. The van der Waals surface area contributed by atoms with E-state index in [0.717, 1.165) is 5.56 Å². The zero-order chi connectivity index (χ0) is 20.6. The van der Waals surface area contributed by atoms with Crippen LogP contribution in [0.4, 0.5) is 4.79 Å². The third kappa shape index (κ3) is 7.19. The van der Waals surface area contributed by atoms with E-state index in [-0.39, 0.29) is 19.8 Å². The Morgan fingerprint density at radius 3 is 2.86 bits per heavy atom. The van der Waals surface area contributed by atoms with Crippen LogP contribution >= 0.6 is 0 Å². The molecule has 0 N–H and O–H groups in total. The van der Waals surface area contributed by atoms with Gasteiger partial charge in [-0.05, 0) is 38.8 Å². The summed E-state index contributed by atoms with van der Waals surface area (Å²) >= 11 is 0. The monoisotopic (exact) mass is 392 g/mol. The van der Waals surface area contributed by atoms with Crippen LogP contribution in [-0.2, 0) is 19.0 Å². The Morgan fingerprint density at radius 2 is 2.14 bits per heavy atom. The summed E-state index contributed by atoms with van der Waals surface area (Å²) < 4.78 is 21.1. The second-order valence-electron chi connectivity index (χ2n) is 7.30. The van der Waals surface area contributed by atoms with Crippen molar-refractivity contribution < 1.29 is 28.5 Å². The zero-order valence-electron chi connectivity index (χ0n) is 16.8. The average Bonchev–Trinajstić information content (AvgIpc) is 2.66. The van der Waals surface area contributed by atoms with Crippen LogP contribution in [0.1, 0.15) is 32.8 Å². The molecular weight excluding hydrogens is 364 g/mol. The number of methoxy groups -OCH3 is 1. The fourth-order valence-corrected chi connectivity index (χ4v) is 2.46. The summed E-state index contributed by atoms with van der Waals surface area (Å²) in [5, 5.41) is 0. The second-order valence-corrected chi connectivity index (χ2v) is 7.30. The summed E-state index contributed by atoms with van der Waals surface area (Å²) in [6.45, 7) is 6.39. The number of aromatic nitrogens is 1. The molecule has 1 aromatic rings. The molecule has 8 nitrogen and oxygen atoms in total. The van der Waals surface area contributed by atoms with Gasteiger partial charge in [0.05, 0.1) is 33.1 Å². The Morgan fingerprint density at radius 1 is 1.36 bits per heavy atom. The lowest BCUT2D eigenvalue weighted by atomic mass is 10.2. The number of esters is 1. The lowest BCUT2D eigenvalue weighted by molar-refractivity contribution is -0.162. The number of carbonyl (C=O) groups is 2. The molecule has 1 amide bonds. The molecule has 1 saturated heterocycles. The van der Waals surface area contributed by atoms with E-state index in [1.807, 2.05) is 18.2 Å². The van der Waals surface area contributed by atoms with Crippen molar-refractivity contribution >= 4 is 18.1 Å². The van der Waals surface area contributed by atoms with Crippen molar-refractivity contribution in [2.45, 2.75) is 38.9 Å². The fraction of sp³-hybridized carbons (Fsp3) is 0.550. The highest BCUT2D eigenvalue weighted by molar-refractivity contribution is 5.76. The highest BCUT2D eigenvalue weighted by Gasteiger charge is 2.32. The first-order chi connectivity index (χ1) is 13.3. The van der Waals surface area contributed by atoms with Gasteiger partial charge in [0.1, 0.15) is 11.4 Å². The van der Waals surface area contributed by atoms with Crippen LogP contribution in [0.25, 0.3) is 6.08 Å². The number of hydrogen-bond donors (Lipinski definition) is 0. The number of ether oxygens (including phenoxy) is 4. The van der Waals surface area contributed by atoms with Crippen molar-refractivity contribution in [3.63, 3.8) is 0 Å². The molecule has 154 valence electrons. The summed E-state index contributed by atoms with van der Waals surface area (Å²) in [5.74, 6) is 0.197. The molecule has 1 aliphatic heterocycles. The van der Waals surface area contributed by atoms with Gasteiger partial charge in [-0.2, -0.15) is 0 Å². The van der Waals surface area contributed by atoms with E-state index in [0.29, 0.717) is 18.7 Å². The van der Waals surface area contributed by atoms with E-state index in [2.05, 4.69) is 4.98 Å². The minimum Gasteiger partial charge on any atom is -0.495 e. The lowest BCUT2D eigenvalue weighted by Gasteiger charge is -2.33. The number of rotatable bonds is 6. The third-order valence-electron chi connectivity index (χ3n) is 3.79. The first-order valence-corrected chi connectivity index (χ1v) is 9.20. The van der Waals surface area contributed by atoms with Gasteiger partial charge in [0.2, 0.25) is 0 Å². The molecular formula is C20H28N2O6. The summed E-state index contributed by atoms with van der Waals surface area (Å²) in [7, 11) is 1.58. The predicted molar refractivity (Wildman–Crippen MR) is 103 cm³/mol. The maximum atomic E-state index is 12.2. The largest absolute Gasteiger partial charge is 0.495 e. The molecule has 0 radical (unpaired) electrons. The molecule has 0 spiro atoms. The van der Waals surface area contributed by atoms with Crippen molar-refractivity contribution in [1.82, 2.24) is 9.88 Å². The summed E-state index contributed by atoms with van der Waals surface area (Å²) in [6, 6.07) is 1.86. The van der Waals surface area contributed by atoms with Crippen molar-refractivity contribution in [2.75, 3.05) is 33.4 Å². The molecule has 0 aliphatic carbocycles.